The number of nitrogens with two attached hydrogens (primary N) is 1. The second kappa shape index (κ2) is 12.9. The fourth-order valence-electron chi connectivity index (χ4n) is 4.51. The number of nitrogen functional groups attached to an aromatic ring is 1. The van der Waals surface area contributed by atoms with Gasteiger partial charge >= 0.3 is 6.18 Å². The van der Waals surface area contributed by atoms with Crippen LogP contribution in [0.25, 0.3) is 0 Å². The van der Waals surface area contributed by atoms with E-state index in [2.05, 4.69) is 22.5 Å². The number of carbonyl (C=O) groups is 2. The summed E-state index contributed by atoms with van der Waals surface area (Å²) in [6, 6.07) is 8.16. The summed E-state index contributed by atoms with van der Waals surface area (Å²) in [5.41, 5.74) is 7.98. The number of rotatable bonds is 9. The maximum atomic E-state index is 13.8. The van der Waals surface area contributed by atoms with Crippen molar-refractivity contribution in [2.75, 3.05) is 51.3 Å². The molecule has 1 aliphatic rings. The Labute approximate surface area is 236 Å². The maximum absolute atomic E-state index is 13.8. The molecule has 1 aliphatic heterocycles. The van der Waals surface area contributed by atoms with E-state index in [-0.39, 0.29) is 23.0 Å². The first kappa shape index (κ1) is 30.6. The van der Waals surface area contributed by atoms with Crippen molar-refractivity contribution in [2.24, 2.45) is 5.10 Å². The van der Waals surface area contributed by atoms with Crippen LogP contribution in [0, 0.1) is 0 Å². The molecule has 0 radical (unpaired) electrons. The second-order valence-corrected chi connectivity index (χ2v) is 9.44. The normalized spacial score (nSPS) is 14.4. The maximum Gasteiger partial charge on any atom is 0.416 e. The van der Waals surface area contributed by atoms with Crippen LogP contribution in [0.3, 0.4) is 0 Å². The number of piperazine rings is 1. The number of amides is 2. The minimum absolute atomic E-state index is 0.139. The van der Waals surface area contributed by atoms with Gasteiger partial charge in [-0.1, -0.05) is 30.7 Å². The van der Waals surface area contributed by atoms with E-state index in [4.69, 9.17) is 17.3 Å². The van der Waals surface area contributed by atoms with E-state index >= 15 is 0 Å². The number of halogens is 4. The predicted molar refractivity (Wildman–Crippen MR) is 151 cm³/mol. The van der Waals surface area contributed by atoms with Crippen LogP contribution in [0.1, 0.15) is 34.8 Å². The van der Waals surface area contributed by atoms with E-state index in [1.54, 1.807) is 37.2 Å². The average Bonchev–Trinajstić information content (AvgIpc) is 2.94. The average molecular weight is 580 g/mol. The van der Waals surface area contributed by atoms with Gasteiger partial charge in [-0.05, 0) is 36.2 Å². The fourth-order valence-corrected chi connectivity index (χ4v) is 4.75. The van der Waals surface area contributed by atoms with Gasteiger partial charge in [-0.3, -0.25) is 9.59 Å². The predicted octanol–water partition coefficient (Wildman–Crippen LogP) is 4.23. The molecule has 40 heavy (non-hydrogen) atoms. The van der Waals surface area contributed by atoms with Gasteiger partial charge in [0.15, 0.2) is 0 Å². The van der Waals surface area contributed by atoms with Crippen LogP contribution in [0.4, 0.5) is 24.5 Å². The Kier molecular flexibility index (Phi) is 9.91. The van der Waals surface area contributed by atoms with Crippen LogP contribution in [-0.4, -0.2) is 73.6 Å². The number of para-hydroxylation sites is 1. The molecule has 216 valence electrons. The lowest BCUT2D eigenvalue weighted by molar-refractivity contribution is -0.137. The highest BCUT2D eigenvalue weighted by molar-refractivity contribution is 6.31. The molecule has 2 aromatic carbocycles. The quantitative estimate of drug-likeness (QED) is 0.178. The third kappa shape index (κ3) is 6.61. The Hall–Kier alpha value is -3.93. The summed E-state index contributed by atoms with van der Waals surface area (Å²) >= 11 is 6.13. The number of anilines is 2. The molecule has 0 aliphatic carbocycles. The largest absolute Gasteiger partial charge is 0.416 e. The zero-order chi connectivity index (χ0) is 29.6. The number of nitrogens with zero attached hydrogens (tertiary/aromatic N) is 4. The number of hydrazone groups is 1. The molecule has 0 saturated carbocycles. The number of carbonyl (C=O) groups excluding carboxylic acids is 2. The number of nitrogens with one attached hydrogen (secondary N) is 2. The third-order valence-corrected chi connectivity index (χ3v) is 7.09. The molecule has 13 heteroatoms. The first-order chi connectivity index (χ1) is 19.0. The first-order valence-corrected chi connectivity index (χ1v) is 13.0. The number of allylic oxidation sites excluding steroid dienone is 1. The zero-order valence-electron chi connectivity index (χ0n) is 22.6. The molecular formula is C27H33ClF3N7O2. The van der Waals surface area contributed by atoms with Crippen LogP contribution >= 0.6 is 11.6 Å². The number of benzene rings is 2. The van der Waals surface area contributed by atoms with Crippen LogP contribution in [0.2, 0.25) is 5.02 Å². The summed E-state index contributed by atoms with van der Waals surface area (Å²) in [4.78, 5) is 30.5. The van der Waals surface area contributed by atoms with Gasteiger partial charge < -0.3 is 26.2 Å². The van der Waals surface area contributed by atoms with Crippen molar-refractivity contribution in [1.29, 1.82) is 0 Å². The summed E-state index contributed by atoms with van der Waals surface area (Å²) in [7, 11) is 3.42. The van der Waals surface area contributed by atoms with Crippen molar-refractivity contribution in [3.63, 3.8) is 0 Å². The molecule has 0 bridgehead atoms. The number of hydrogen-bond donors (Lipinski definition) is 3. The Bertz CT molecular complexity index is 1290. The highest BCUT2D eigenvalue weighted by atomic mass is 35.5. The summed E-state index contributed by atoms with van der Waals surface area (Å²) in [6.07, 6.45) is -4.05. The monoisotopic (exact) mass is 579 g/mol. The highest BCUT2D eigenvalue weighted by Crippen LogP contribution is 2.33. The zero-order valence-corrected chi connectivity index (χ0v) is 23.4. The van der Waals surface area contributed by atoms with E-state index < -0.39 is 17.6 Å². The summed E-state index contributed by atoms with van der Waals surface area (Å²) in [5.74, 6) is -0.704. The minimum Gasteiger partial charge on any atom is -0.396 e. The standard InChI is InChI=1S/C27H33ClF3N7O2/c1-5-21(33-2)24(26(40)38(35-4)16-17-9-10-18(15-20(17)28)27(29,30)31)36-11-13-37(14-12-36)25(39)19-7-6-8-22(34-3)23(19)32/h6-10,15,33-34H,4-5,11-14,16,32H2,1-3H3/b24-21+. The Morgan fingerprint density at radius 1 is 1.12 bits per heavy atom. The number of alkyl halides is 3. The van der Waals surface area contributed by atoms with Crippen molar-refractivity contribution in [3.8, 4) is 0 Å². The molecule has 1 heterocycles. The van der Waals surface area contributed by atoms with E-state index in [1.807, 2.05) is 11.8 Å². The highest BCUT2D eigenvalue weighted by Gasteiger charge is 2.33. The molecular weight excluding hydrogens is 547 g/mol. The molecule has 0 spiro atoms. The van der Waals surface area contributed by atoms with Crippen LogP contribution < -0.4 is 16.4 Å². The van der Waals surface area contributed by atoms with Crippen LogP contribution in [-0.2, 0) is 17.5 Å². The SMILES string of the molecule is C=NN(Cc1ccc(C(F)(F)F)cc1Cl)C(=O)/C(=C(/CC)NC)N1CCN(C(=O)c2cccc(NC)c2N)CC1. The number of hydrogen-bond acceptors (Lipinski definition) is 7. The molecule has 0 atom stereocenters. The smallest absolute Gasteiger partial charge is 0.396 e. The summed E-state index contributed by atoms with van der Waals surface area (Å²) in [5, 5.41) is 10.8. The van der Waals surface area contributed by atoms with E-state index in [0.717, 1.165) is 17.1 Å². The Morgan fingerprint density at radius 2 is 1.77 bits per heavy atom. The van der Waals surface area contributed by atoms with Crippen molar-refractivity contribution in [3.05, 3.63) is 69.5 Å². The van der Waals surface area contributed by atoms with Crippen molar-refractivity contribution in [2.45, 2.75) is 26.1 Å². The van der Waals surface area contributed by atoms with Gasteiger partial charge in [0.25, 0.3) is 11.8 Å². The fraction of sp³-hybridized carbons (Fsp3) is 0.370. The molecule has 2 aromatic rings. The van der Waals surface area contributed by atoms with Gasteiger partial charge in [0.2, 0.25) is 0 Å². The van der Waals surface area contributed by atoms with Gasteiger partial charge in [-0.15, -0.1) is 0 Å². The van der Waals surface area contributed by atoms with E-state index in [9.17, 15) is 22.8 Å². The molecule has 1 fully saturated rings. The molecule has 3 rings (SSSR count). The van der Waals surface area contributed by atoms with Gasteiger partial charge in [0.1, 0.15) is 5.70 Å². The third-order valence-electron chi connectivity index (χ3n) is 6.74. The van der Waals surface area contributed by atoms with Crippen LogP contribution in [0.5, 0.6) is 0 Å². The van der Waals surface area contributed by atoms with Crippen LogP contribution in [0.15, 0.2) is 52.9 Å². The lowest BCUT2D eigenvalue weighted by atomic mass is 10.1. The lowest BCUT2D eigenvalue weighted by Crippen LogP contribution is -2.51. The van der Waals surface area contributed by atoms with Crippen molar-refractivity contribution >= 4 is 41.5 Å². The topological polar surface area (TPSA) is 106 Å². The Balaban J connectivity index is 1.81. The van der Waals surface area contributed by atoms with Crippen molar-refractivity contribution in [1.82, 2.24) is 20.1 Å². The first-order valence-electron chi connectivity index (χ1n) is 12.6. The minimum atomic E-state index is -4.54. The molecule has 0 unspecified atom stereocenters. The molecule has 4 N–H and O–H groups in total. The van der Waals surface area contributed by atoms with E-state index in [1.165, 1.54) is 6.07 Å². The van der Waals surface area contributed by atoms with Gasteiger partial charge in [0.05, 0.1) is 29.0 Å². The Morgan fingerprint density at radius 3 is 2.30 bits per heavy atom. The van der Waals surface area contributed by atoms with Crippen molar-refractivity contribution < 1.29 is 22.8 Å². The summed E-state index contributed by atoms with van der Waals surface area (Å²) in [6.45, 7) is 6.59. The molecule has 2 amide bonds. The second-order valence-electron chi connectivity index (χ2n) is 9.03. The summed E-state index contributed by atoms with van der Waals surface area (Å²) < 4.78 is 39.2. The molecule has 9 nitrogen and oxygen atoms in total. The molecule has 0 aromatic heterocycles. The molecule has 1 saturated heterocycles. The van der Waals surface area contributed by atoms with Gasteiger partial charge in [0, 0.05) is 57.7 Å². The lowest BCUT2D eigenvalue weighted by Gasteiger charge is -2.38. The van der Waals surface area contributed by atoms with E-state index in [0.29, 0.717) is 60.9 Å². The van der Waals surface area contributed by atoms with Gasteiger partial charge in [-0.2, -0.15) is 18.3 Å². The van der Waals surface area contributed by atoms with Gasteiger partial charge in [-0.25, -0.2) is 5.01 Å².